The van der Waals surface area contributed by atoms with E-state index in [1.807, 2.05) is 45.0 Å². The van der Waals surface area contributed by atoms with Gasteiger partial charge in [0.2, 0.25) is 11.9 Å². The van der Waals surface area contributed by atoms with Crippen molar-refractivity contribution in [3.8, 4) is 0 Å². The highest BCUT2D eigenvalue weighted by molar-refractivity contribution is 7.21. The van der Waals surface area contributed by atoms with Crippen LogP contribution in [-0.4, -0.2) is 38.6 Å². The molecule has 0 unspecified atom stereocenters. The van der Waals surface area contributed by atoms with Crippen LogP contribution in [0.15, 0.2) is 30.5 Å². The summed E-state index contributed by atoms with van der Waals surface area (Å²) in [5.74, 6) is 0.378. The lowest BCUT2D eigenvalue weighted by Gasteiger charge is -2.23. The van der Waals surface area contributed by atoms with Crippen molar-refractivity contribution < 1.29 is 14.3 Å². The largest absolute Gasteiger partial charge is 0.444 e. The van der Waals surface area contributed by atoms with Crippen LogP contribution in [0.4, 0.5) is 27.2 Å². The molecule has 2 N–H and O–H groups in total. The molecule has 0 bridgehead atoms. The highest BCUT2D eigenvalue weighted by Crippen LogP contribution is 2.38. The Kier molecular flexibility index (Phi) is 5.48. The van der Waals surface area contributed by atoms with Gasteiger partial charge >= 0.3 is 6.09 Å². The van der Waals surface area contributed by atoms with E-state index in [1.165, 1.54) is 18.3 Å². The highest BCUT2D eigenvalue weighted by atomic mass is 32.1. The molecule has 31 heavy (non-hydrogen) atoms. The molecule has 0 atom stereocenters. The van der Waals surface area contributed by atoms with Gasteiger partial charge in [-0.2, -0.15) is 4.98 Å². The Morgan fingerprint density at radius 1 is 1.19 bits per heavy atom. The molecule has 9 nitrogen and oxygen atoms in total. The maximum absolute atomic E-state index is 12.1. The molecule has 0 radical (unpaired) electrons. The van der Waals surface area contributed by atoms with Gasteiger partial charge in [-0.15, -0.1) is 0 Å². The van der Waals surface area contributed by atoms with Crippen LogP contribution in [0.3, 0.4) is 0 Å². The molecular formula is C21H24N6O3S. The molecule has 0 spiro atoms. The first-order valence-electron chi connectivity index (χ1n) is 9.98. The van der Waals surface area contributed by atoms with Crippen LogP contribution in [0.2, 0.25) is 0 Å². The molecule has 1 aliphatic carbocycles. The Balaban J connectivity index is 1.61. The molecule has 3 aromatic rings. The average molecular weight is 441 g/mol. The number of hydrogen-bond donors (Lipinski definition) is 2. The van der Waals surface area contributed by atoms with Crippen LogP contribution < -0.4 is 15.5 Å². The zero-order valence-corrected chi connectivity index (χ0v) is 18.6. The number of rotatable bonds is 5. The van der Waals surface area contributed by atoms with Crippen molar-refractivity contribution in [1.29, 1.82) is 0 Å². The van der Waals surface area contributed by atoms with Gasteiger partial charge in [-0.3, -0.25) is 10.1 Å². The SMILES string of the molecule is CC(=O)Nc1nc2cnc(N(c3cccc(NC(=O)OC(C)(C)C)c3)C3CC3)nc2s1. The minimum atomic E-state index is -0.574. The standard InChI is InChI=1S/C21H24N6O3S/c1-12(28)23-19-25-16-11-22-18(26-17(16)31-19)27(14-8-9-14)15-7-5-6-13(10-15)24-20(29)30-21(2,3)4/h5-7,10-11,14H,8-9H2,1-4H3,(H,24,29)(H,23,25,28). The number of thiazole rings is 1. The van der Waals surface area contributed by atoms with Gasteiger partial charge in [-0.05, 0) is 51.8 Å². The number of nitrogens with one attached hydrogen (secondary N) is 2. The predicted octanol–water partition coefficient (Wildman–Crippen LogP) is 4.69. The number of fused-ring (bicyclic) bond motifs is 1. The molecule has 2 aromatic heterocycles. The van der Waals surface area contributed by atoms with Crippen LogP contribution in [0.5, 0.6) is 0 Å². The van der Waals surface area contributed by atoms with E-state index >= 15 is 0 Å². The first-order chi connectivity index (χ1) is 14.7. The highest BCUT2D eigenvalue weighted by Gasteiger charge is 2.32. The second-order valence-electron chi connectivity index (χ2n) is 8.34. The van der Waals surface area contributed by atoms with E-state index in [1.54, 1.807) is 6.20 Å². The van der Waals surface area contributed by atoms with Crippen molar-refractivity contribution in [2.75, 3.05) is 15.5 Å². The number of anilines is 4. The fraction of sp³-hybridized carbons (Fsp3) is 0.381. The number of ether oxygens (including phenoxy) is 1. The van der Waals surface area contributed by atoms with Crippen molar-refractivity contribution in [2.24, 2.45) is 0 Å². The minimum Gasteiger partial charge on any atom is -0.444 e. The predicted molar refractivity (Wildman–Crippen MR) is 121 cm³/mol. The van der Waals surface area contributed by atoms with E-state index in [9.17, 15) is 9.59 Å². The van der Waals surface area contributed by atoms with E-state index < -0.39 is 11.7 Å². The zero-order chi connectivity index (χ0) is 22.2. The molecule has 1 saturated carbocycles. The lowest BCUT2D eigenvalue weighted by molar-refractivity contribution is -0.114. The minimum absolute atomic E-state index is 0.179. The van der Waals surface area contributed by atoms with E-state index in [0.717, 1.165) is 18.5 Å². The molecule has 1 aromatic carbocycles. The van der Waals surface area contributed by atoms with Gasteiger partial charge in [-0.1, -0.05) is 17.4 Å². The first kappa shape index (κ1) is 21.0. The monoisotopic (exact) mass is 440 g/mol. The summed E-state index contributed by atoms with van der Waals surface area (Å²) in [5, 5.41) is 5.96. The van der Waals surface area contributed by atoms with Crippen LogP contribution in [0.1, 0.15) is 40.5 Å². The number of carbonyl (C=O) groups is 2. The molecule has 4 rings (SSSR count). The molecule has 162 valence electrons. The van der Waals surface area contributed by atoms with Crippen molar-refractivity contribution in [3.63, 3.8) is 0 Å². The van der Waals surface area contributed by atoms with Crippen molar-refractivity contribution in [3.05, 3.63) is 30.5 Å². The average Bonchev–Trinajstić information content (AvgIpc) is 3.39. The third kappa shape index (κ3) is 5.26. The fourth-order valence-corrected chi connectivity index (χ4v) is 3.88. The number of hydrogen-bond acceptors (Lipinski definition) is 8. The van der Waals surface area contributed by atoms with Crippen molar-refractivity contribution in [1.82, 2.24) is 15.0 Å². The molecular weight excluding hydrogens is 416 g/mol. The summed E-state index contributed by atoms with van der Waals surface area (Å²) in [5.41, 5.74) is 1.57. The number of amides is 2. The summed E-state index contributed by atoms with van der Waals surface area (Å²) in [6.45, 7) is 6.91. The molecule has 2 amide bonds. The molecule has 2 heterocycles. The van der Waals surface area contributed by atoms with Crippen LogP contribution in [0, 0.1) is 0 Å². The summed E-state index contributed by atoms with van der Waals surface area (Å²) in [6, 6.07) is 7.81. The maximum atomic E-state index is 12.1. The topological polar surface area (TPSA) is 109 Å². The zero-order valence-electron chi connectivity index (χ0n) is 17.8. The first-order valence-corrected chi connectivity index (χ1v) is 10.8. The van der Waals surface area contributed by atoms with E-state index in [2.05, 4.69) is 30.5 Å². The third-order valence-corrected chi connectivity index (χ3v) is 5.20. The van der Waals surface area contributed by atoms with E-state index in [0.29, 0.717) is 27.1 Å². The number of aromatic nitrogens is 3. The van der Waals surface area contributed by atoms with Gasteiger partial charge in [0, 0.05) is 24.3 Å². The quantitative estimate of drug-likeness (QED) is 0.592. The Labute approximate surface area is 183 Å². The Hall–Kier alpha value is -3.27. The van der Waals surface area contributed by atoms with E-state index in [-0.39, 0.29) is 11.9 Å². The van der Waals surface area contributed by atoms with Gasteiger partial charge < -0.3 is 15.0 Å². The number of carbonyl (C=O) groups excluding carboxylic acids is 2. The lowest BCUT2D eigenvalue weighted by atomic mass is 10.2. The number of nitrogens with zero attached hydrogens (tertiary/aromatic N) is 4. The molecule has 1 fully saturated rings. The van der Waals surface area contributed by atoms with Crippen LogP contribution in [-0.2, 0) is 9.53 Å². The Bertz CT molecular complexity index is 1140. The van der Waals surface area contributed by atoms with Crippen LogP contribution >= 0.6 is 11.3 Å². The molecule has 10 heteroatoms. The Morgan fingerprint density at radius 2 is 1.97 bits per heavy atom. The summed E-state index contributed by atoms with van der Waals surface area (Å²) >= 11 is 1.31. The van der Waals surface area contributed by atoms with Gasteiger partial charge in [0.25, 0.3) is 0 Å². The lowest BCUT2D eigenvalue weighted by Crippen LogP contribution is -2.27. The maximum Gasteiger partial charge on any atom is 0.412 e. The molecule has 0 aliphatic heterocycles. The number of benzene rings is 1. The third-order valence-electron chi connectivity index (χ3n) is 4.32. The van der Waals surface area contributed by atoms with Gasteiger partial charge in [0.15, 0.2) is 9.96 Å². The van der Waals surface area contributed by atoms with Crippen molar-refractivity contribution >= 4 is 56.1 Å². The van der Waals surface area contributed by atoms with E-state index in [4.69, 9.17) is 4.74 Å². The summed E-state index contributed by atoms with van der Waals surface area (Å²) in [4.78, 5) is 39.8. The van der Waals surface area contributed by atoms with Gasteiger partial charge in [-0.25, -0.2) is 14.8 Å². The summed E-state index contributed by atoms with van der Waals surface area (Å²) in [6.07, 6.45) is 3.23. The summed E-state index contributed by atoms with van der Waals surface area (Å²) in [7, 11) is 0. The van der Waals surface area contributed by atoms with Crippen molar-refractivity contribution in [2.45, 2.75) is 52.2 Å². The molecule has 0 saturated heterocycles. The summed E-state index contributed by atoms with van der Waals surface area (Å²) < 4.78 is 5.34. The van der Waals surface area contributed by atoms with Gasteiger partial charge in [0.1, 0.15) is 11.1 Å². The van der Waals surface area contributed by atoms with Crippen LogP contribution in [0.25, 0.3) is 10.3 Å². The fourth-order valence-electron chi connectivity index (χ4n) is 3.02. The molecule has 1 aliphatic rings. The Morgan fingerprint density at radius 3 is 2.65 bits per heavy atom. The second-order valence-corrected chi connectivity index (χ2v) is 9.32. The second kappa shape index (κ2) is 8.10. The van der Waals surface area contributed by atoms with Gasteiger partial charge in [0.05, 0.1) is 6.20 Å². The normalized spacial score (nSPS) is 13.7. The smallest absolute Gasteiger partial charge is 0.412 e.